The van der Waals surface area contributed by atoms with E-state index in [2.05, 4.69) is 22.8 Å². The van der Waals surface area contributed by atoms with Crippen LogP contribution in [0.1, 0.15) is 51.1 Å². The summed E-state index contributed by atoms with van der Waals surface area (Å²) in [4.78, 5) is 14.3. The van der Waals surface area contributed by atoms with Crippen LogP contribution in [0.25, 0.3) is 0 Å². The molecule has 1 atom stereocenters. The summed E-state index contributed by atoms with van der Waals surface area (Å²) in [5.41, 5.74) is 0.786. The molecule has 1 aromatic heterocycles. The maximum absolute atomic E-state index is 10.4. The molecule has 0 radical (unpaired) electrons. The van der Waals surface area contributed by atoms with Crippen molar-refractivity contribution in [2.45, 2.75) is 63.6 Å². The van der Waals surface area contributed by atoms with Crippen LogP contribution in [-0.2, 0) is 11.2 Å². The van der Waals surface area contributed by atoms with Gasteiger partial charge < -0.3 is 19.6 Å². The van der Waals surface area contributed by atoms with Crippen LogP contribution >= 0.6 is 0 Å². The molecule has 3 saturated heterocycles. The fourth-order valence-corrected chi connectivity index (χ4v) is 4.37. The highest BCUT2D eigenvalue weighted by Crippen LogP contribution is 2.36. The van der Waals surface area contributed by atoms with Gasteiger partial charge in [-0.3, -0.25) is 0 Å². The minimum absolute atomic E-state index is 0.319. The lowest BCUT2D eigenvalue weighted by atomic mass is 9.82. The van der Waals surface area contributed by atoms with E-state index in [1.807, 2.05) is 0 Å². The van der Waals surface area contributed by atoms with E-state index in [9.17, 15) is 5.11 Å². The lowest BCUT2D eigenvalue weighted by Gasteiger charge is -2.47. The Bertz CT molecular complexity index is 595. The van der Waals surface area contributed by atoms with E-state index in [1.165, 1.54) is 12.8 Å². The predicted octanol–water partition coefficient (Wildman–Crippen LogP) is 2.15. The normalized spacial score (nSPS) is 26.4. The maximum atomic E-state index is 10.4. The Kier molecular flexibility index (Phi) is 4.82. The Balaban J connectivity index is 1.51. The van der Waals surface area contributed by atoms with Gasteiger partial charge in [0.15, 0.2) is 0 Å². The molecule has 3 fully saturated rings. The predicted molar refractivity (Wildman–Crippen MR) is 98.2 cm³/mol. The van der Waals surface area contributed by atoms with E-state index in [1.54, 1.807) is 0 Å². The SMILES string of the molecule is CCc1cc(N2CCC3(CC2)OCCC[C@@H]3O)nc(N2CCCC2)n1. The van der Waals surface area contributed by atoms with Crippen molar-refractivity contribution in [2.75, 3.05) is 42.6 Å². The maximum Gasteiger partial charge on any atom is 0.227 e. The van der Waals surface area contributed by atoms with Gasteiger partial charge in [-0.15, -0.1) is 0 Å². The fourth-order valence-electron chi connectivity index (χ4n) is 4.37. The number of aromatic nitrogens is 2. The molecule has 0 saturated carbocycles. The van der Waals surface area contributed by atoms with Crippen molar-refractivity contribution in [3.63, 3.8) is 0 Å². The first kappa shape index (κ1) is 17.0. The lowest BCUT2D eigenvalue weighted by molar-refractivity contribution is -0.164. The average Bonchev–Trinajstić information content (AvgIpc) is 3.19. The number of anilines is 2. The van der Waals surface area contributed by atoms with E-state index in [0.717, 1.165) is 82.4 Å². The summed E-state index contributed by atoms with van der Waals surface area (Å²) in [5, 5.41) is 10.4. The lowest BCUT2D eigenvalue weighted by Crippen LogP contribution is -2.55. The van der Waals surface area contributed by atoms with Crippen molar-refractivity contribution in [3.8, 4) is 0 Å². The third-order valence-corrected chi connectivity index (χ3v) is 6.06. The number of piperidine rings is 1. The molecule has 1 spiro atoms. The molecule has 1 aromatic rings. The second-order valence-corrected chi connectivity index (χ2v) is 7.62. The van der Waals surface area contributed by atoms with Crippen molar-refractivity contribution in [1.29, 1.82) is 0 Å². The molecule has 3 aliphatic heterocycles. The van der Waals surface area contributed by atoms with Crippen molar-refractivity contribution in [3.05, 3.63) is 11.8 Å². The molecule has 3 aliphatic rings. The molecule has 0 amide bonds. The van der Waals surface area contributed by atoms with Gasteiger partial charge in [-0.05, 0) is 44.9 Å². The number of aliphatic hydroxyl groups is 1. The van der Waals surface area contributed by atoms with Crippen LogP contribution in [0, 0.1) is 0 Å². The molecular weight excluding hydrogens is 316 g/mol. The number of ether oxygens (including phenoxy) is 1. The van der Waals surface area contributed by atoms with Crippen molar-refractivity contribution < 1.29 is 9.84 Å². The van der Waals surface area contributed by atoms with Crippen molar-refractivity contribution in [1.82, 2.24) is 9.97 Å². The highest BCUT2D eigenvalue weighted by molar-refractivity contribution is 5.47. The van der Waals surface area contributed by atoms with Gasteiger partial charge in [0, 0.05) is 44.5 Å². The van der Waals surface area contributed by atoms with E-state index in [-0.39, 0.29) is 11.7 Å². The molecule has 138 valence electrons. The Morgan fingerprint density at radius 2 is 1.88 bits per heavy atom. The van der Waals surface area contributed by atoms with Crippen LogP contribution in [0.15, 0.2) is 6.07 Å². The van der Waals surface area contributed by atoms with Gasteiger partial charge in [-0.1, -0.05) is 6.92 Å². The van der Waals surface area contributed by atoms with Gasteiger partial charge in [0.1, 0.15) is 5.82 Å². The molecule has 0 bridgehead atoms. The van der Waals surface area contributed by atoms with Crippen LogP contribution < -0.4 is 9.80 Å². The number of nitrogens with zero attached hydrogens (tertiary/aromatic N) is 4. The number of aryl methyl sites for hydroxylation is 1. The first-order valence-electron chi connectivity index (χ1n) is 9.90. The fraction of sp³-hybridized carbons (Fsp3) is 0.789. The second-order valence-electron chi connectivity index (χ2n) is 7.62. The Hall–Kier alpha value is -1.40. The molecule has 0 aromatic carbocycles. The summed E-state index contributed by atoms with van der Waals surface area (Å²) >= 11 is 0. The molecule has 0 aliphatic carbocycles. The molecule has 0 unspecified atom stereocenters. The zero-order valence-electron chi connectivity index (χ0n) is 15.3. The Labute approximate surface area is 150 Å². The van der Waals surface area contributed by atoms with Crippen molar-refractivity contribution in [2.24, 2.45) is 0 Å². The second kappa shape index (κ2) is 7.08. The Morgan fingerprint density at radius 3 is 2.56 bits per heavy atom. The Morgan fingerprint density at radius 1 is 1.12 bits per heavy atom. The summed E-state index contributed by atoms with van der Waals surface area (Å²) in [6, 6.07) is 2.13. The topological polar surface area (TPSA) is 61.7 Å². The highest BCUT2D eigenvalue weighted by atomic mass is 16.5. The standard InChI is InChI=1S/C19H30N4O2/c1-2-15-14-17(21-18(20-15)23-9-3-4-10-23)22-11-7-19(8-12-22)16(24)6-5-13-25-19/h14,16,24H,2-13H2,1H3/t16-/m0/s1. The number of hydrogen-bond acceptors (Lipinski definition) is 6. The van der Waals surface area contributed by atoms with Crippen molar-refractivity contribution >= 4 is 11.8 Å². The number of hydrogen-bond donors (Lipinski definition) is 1. The molecule has 4 heterocycles. The first-order valence-corrected chi connectivity index (χ1v) is 9.90. The van der Waals surface area contributed by atoms with Gasteiger partial charge in [-0.25, -0.2) is 4.98 Å². The van der Waals surface area contributed by atoms with Crippen LogP contribution in [0.3, 0.4) is 0 Å². The smallest absolute Gasteiger partial charge is 0.227 e. The van der Waals surface area contributed by atoms with Crippen LogP contribution in [0.5, 0.6) is 0 Å². The zero-order valence-corrected chi connectivity index (χ0v) is 15.3. The van der Waals surface area contributed by atoms with Gasteiger partial charge in [0.05, 0.1) is 11.7 Å². The summed E-state index contributed by atoms with van der Waals surface area (Å²) in [5.74, 6) is 1.93. The molecule has 4 rings (SSSR count). The van der Waals surface area contributed by atoms with E-state index in [0.29, 0.717) is 0 Å². The van der Waals surface area contributed by atoms with E-state index < -0.39 is 0 Å². The van der Waals surface area contributed by atoms with Gasteiger partial charge in [0.25, 0.3) is 0 Å². The third-order valence-electron chi connectivity index (χ3n) is 6.06. The highest BCUT2D eigenvalue weighted by Gasteiger charge is 2.43. The average molecular weight is 346 g/mol. The number of aliphatic hydroxyl groups excluding tert-OH is 1. The summed E-state index contributed by atoms with van der Waals surface area (Å²) in [6.45, 7) is 6.83. The van der Waals surface area contributed by atoms with Gasteiger partial charge in [0.2, 0.25) is 5.95 Å². The van der Waals surface area contributed by atoms with Crippen LogP contribution in [0.4, 0.5) is 11.8 Å². The minimum Gasteiger partial charge on any atom is -0.390 e. The third kappa shape index (κ3) is 3.34. The monoisotopic (exact) mass is 346 g/mol. The quantitative estimate of drug-likeness (QED) is 0.905. The number of rotatable bonds is 3. The summed E-state index contributed by atoms with van der Waals surface area (Å²) in [6.07, 6.45) is 6.66. The van der Waals surface area contributed by atoms with Gasteiger partial charge >= 0.3 is 0 Å². The minimum atomic E-state index is -0.326. The van der Waals surface area contributed by atoms with Crippen LogP contribution in [-0.4, -0.2) is 59.6 Å². The van der Waals surface area contributed by atoms with Crippen LogP contribution in [0.2, 0.25) is 0 Å². The van der Waals surface area contributed by atoms with Gasteiger partial charge in [-0.2, -0.15) is 4.98 Å². The van der Waals surface area contributed by atoms with E-state index in [4.69, 9.17) is 14.7 Å². The largest absolute Gasteiger partial charge is 0.390 e. The summed E-state index contributed by atoms with van der Waals surface area (Å²) in [7, 11) is 0. The molecular formula is C19H30N4O2. The molecule has 25 heavy (non-hydrogen) atoms. The molecule has 6 heteroatoms. The zero-order chi connectivity index (χ0) is 17.3. The molecule has 1 N–H and O–H groups in total. The first-order chi connectivity index (χ1) is 12.2. The molecule has 6 nitrogen and oxygen atoms in total. The summed E-state index contributed by atoms with van der Waals surface area (Å²) < 4.78 is 6.04. The van der Waals surface area contributed by atoms with E-state index >= 15 is 0 Å².